The first-order valence-corrected chi connectivity index (χ1v) is 6.12. The van der Waals surface area contributed by atoms with Crippen molar-refractivity contribution in [3.8, 4) is 0 Å². The molecule has 0 amide bonds. The van der Waals surface area contributed by atoms with E-state index < -0.39 is 0 Å². The normalized spacial score (nSPS) is 19.6. The van der Waals surface area contributed by atoms with Crippen LogP contribution in [0.5, 0.6) is 0 Å². The predicted octanol–water partition coefficient (Wildman–Crippen LogP) is 2.83. The lowest BCUT2D eigenvalue weighted by atomic mass is 9.75. The third-order valence-electron chi connectivity index (χ3n) is 3.52. The highest BCUT2D eigenvalue weighted by Crippen LogP contribution is 2.41. The molecule has 0 saturated heterocycles. The Morgan fingerprint density at radius 1 is 1.31 bits per heavy atom. The van der Waals surface area contributed by atoms with Gasteiger partial charge in [-0.05, 0) is 45.4 Å². The minimum Gasteiger partial charge on any atom is -0.384 e. The number of aryl methyl sites for hydroxylation is 1. The van der Waals surface area contributed by atoms with Crippen LogP contribution in [-0.2, 0) is 17.4 Å². The molecule has 3 nitrogen and oxygen atoms in total. The van der Waals surface area contributed by atoms with Crippen molar-refractivity contribution >= 4 is 5.82 Å². The van der Waals surface area contributed by atoms with Crippen LogP contribution in [0, 0.1) is 0 Å². The molecular formula is C13H23N3. The van der Waals surface area contributed by atoms with Crippen LogP contribution in [-0.4, -0.2) is 9.78 Å². The van der Waals surface area contributed by atoms with Crippen LogP contribution in [0.2, 0.25) is 0 Å². The topological polar surface area (TPSA) is 43.8 Å². The summed E-state index contributed by atoms with van der Waals surface area (Å²) in [4.78, 5) is 0. The van der Waals surface area contributed by atoms with Gasteiger partial charge in [0, 0.05) is 5.56 Å². The van der Waals surface area contributed by atoms with Crippen LogP contribution in [0.15, 0.2) is 0 Å². The molecule has 90 valence electrons. The maximum absolute atomic E-state index is 6.29. The van der Waals surface area contributed by atoms with Crippen molar-refractivity contribution in [3.05, 3.63) is 11.3 Å². The number of rotatable bonds is 0. The van der Waals surface area contributed by atoms with Crippen LogP contribution >= 0.6 is 0 Å². The molecule has 0 radical (unpaired) electrons. The fraction of sp³-hybridized carbons (Fsp3) is 0.769. The van der Waals surface area contributed by atoms with Crippen LogP contribution in [0.25, 0.3) is 0 Å². The fourth-order valence-corrected chi connectivity index (χ4v) is 2.72. The van der Waals surface area contributed by atoms with Gasteiger partial charge in [-0.3, -0.25) is 0 Å². The Hall–Kier alpha value is -0.990. The SMILES string of the molecule is CC1(C)CCCc2nn(C(C)(C)C)c(N)c21. The van der Waals surface area contributed by atoms with E-state index in [-0.39, 0.29) is 11.0 Å². The molecule has 2 rings (SSSR count). The molecular weight excluding hydrogens is 198 g/mol. The molecule has 1 aromatic heterocycles. The van der Waals surface area contributed by atoms with Crippen molar-refractivity contribution < 1.29 is 0 Å². The number of hydrogen-bond donors (Lipinski definition) is 1. The monoisotopic (exact) mass is 221 g/mol. The molecule has 0 aromatic carbocycles. The molecule has 16 heavy (non-hydrogen) atoms. The Bertz CT molecular complexity index is 408. The quantitative estimate of drug-likeness (QED) is 0.732. The highest BCUT2D eigenvalue weighted by atomic mass is 15.4. The second kappa shape index (κ2) is 3.25. The van der Waals surface area contributed by atoms with E-state index in [9.17, 15) is 0 Å². The van der Waals surface area contributed by atoms with Gasteiger partial charge >= 0.3 is 0 Å². The summed E-state index contributed by atoms with van der Waals surface area (Å²) in [5, 5.41) is 4.71. The Morgan fingerprint density at radius 3 is 2.44 bits per heavy atom. The third kappa shape index (κ3) is 1.62. The molecule has 0 aliphatic heterocycles. The van der Waals surface area contributed by atoms with Crippen molar-refractivity contribution in [2.24, 2.45) is 0 Å². The summed E-state index contributed by atoms with van der Waals surface area (Å²) in [5.74, 6) is 0.868. The standard InChI is InChI=1S/C13H23N3/c1-12(2,3)16-11(14)10-9(15-16)7-6-8-13(10,4)5/h6-8,14H2,1-5H3. The number of nitrogen functional groups attached to an aromatic ring is 1. The van der Waals surface area contributed by atoms with Gasteiger partial charge in [-0.15, -0.1) is 0 Å². The minimum absolute atomic E-state index is 0.0303. The van der Waals surface area contributed by atoms with Crippen LogP contribution in [0.1, 0.15) is 58.7 Å². The number of aromatic nitrogens is 2. The number of hydrogen-bond acceptors (Lipinski definition) is 2. The highest BCUT2D eigenvalue weighted by molar-refractivity contribution is 5.50. The third-order valence-corrected chi connectivity index (χ3v) is 3.52. The van der Waals surface area contributed by atoms with E-state index in [1.54, 1.807) is 0 Å². The first-order valence-electron chi connectivity index (χ1n) is 6.12. The first-order chi connectivity index (χ1) is 7.23. The first kappa shape index (κ1) is 11.5. The lowest BCUT2D eigenvalue weighted by Gasteiger charge is -2.29. The smallest absolute Gasteiger partial charge is 0.126 e. The molecule has 0 bridgehead atoms. The molecule has 0 atom stereocenters. The predicted molar refractivity (Wildman–Crippen MR) is 67.6 cm³/mol. The second-order valence-corrected chi connectivity index (χ2v) is 6.53. The molecule has 0 spiro atoms. The molecule has 1 aliphatic carbocycles. The molecule has 2 N–H and O–H groups in total. The van der Waals surface area contributed by atoms with Crippen LogP contribution in [0.3, 0.4) is 0 Å². The summed E-state index contributed by atoms with van der Waals surface area (Å²) in [6.45, 7) is 11.0. The summed E-state index contributed by atoms with van der Waals surface area (Å²) in [7, 11) is 0. The number of anilines is 1. The van der Waals surface area contributed by atoms with Gasteiger partial charge in [-0.1, -0.05) is 13.8 Å². The van der Waals surface area contributed by atoms with E-state index in [2.05, 4.69) is 34.6 Å². The Balaban J connectivity index is 2.60. The maximum Gasteiger partial charge on any atom is 0.126 e. The van der Waals surface area contributed by atoms with Crippen molar-refractivity contribution in [2.45, 2.75) is 64.8 Å². The van der Waals surface area contributed by atoms with Gasteiger partial charge in [0.15, 0.2) is 0 Å². The van der Waals surface area contributed by atoms with E-state index in [1.165, 1.54) is 24.1 Å². The van der Waals surface area contributed by atoms with E-state index in [0.717, 1.165) is 12.2 Å². The molecule has 0 saturated carbocycles. The van der Waals surface area contributed by atoms with Crippen molar-refractivity contribution in [3.63, 3.8) is 0 Å². The van der Waals surface area contributed by atoms with Crippen molar-refractivity contribution in [1.29, 1.82) is 0 Å². The van der Waals surface area contributed by atoms with Gasteiger partial charge in [-0.2, -0.15) is 5.10 Å². The van der Waals surface area contributed by atoms with Gasteiger partial charge in [0.2, 0.25) is 0 Å². The van der Waals surface area contributed by atoms with Gasteiger partial charge in [0.05, 0.1) is 11.2 Å². The maximum atomic E-state index is 6.29. The second-order valence-electron chi connectivity index (χ2n) is 6.53. The average molecular weight is 221 g/mol. The van der Waals surface area contributed by atoms with E-state index >= 15 is 0 Å². The van der Waals surface area contributed by atoms with E-state index in [1.807, 2.05) is 4.68 Å². The van der Waals surface area contributed by atoms with Gasteiger partial charge in [0.25, 0.3) is 0 Å². The average Bonchev–Trinajstić information content (AvgIpc) is 2.42. The summed E-state index contributed by atoms with van der Waals surface area (Å²) >= 11 is 0. The highest BCUT2D eigenvalue weighted by Gasteiger charge is 2.35. The summed E-state index contributed by atoms with van der Waals surface area (Å²) < 4.78 is 1.99. The Kier molecular flexibility index (Phi) is 2.34. The Morgan fingerprint density at radius 2 is 1.94 bits per heavy atom. The molecule has 0 unspecified atom stereocenters. The largest absolute Gasteiger partial charge is 0.384 e. The number of fused-ring (bicyclic) bond motifs is 1. The Labute approximate surface area is 98.0 Å². The lowest BCUT2D eigenvalue weighted by molar-refractivity contribution is 0.359. The fourth-order valence-electron chi connectivity index (χ4n) is 2.72. The molecule has 3 heteroatoms. The van der Waals surface area contributed by atoms with E-state index in [0.29, 0.717) is 0 Å². The van der Waals surface area contributed by atoms with E-state index in [4.69, 9.17) is 10.8 Å². The number of nitrogens with zero attached hydrogens (tertiary/aromatic N) is 2. The van der Waals surface area contributed by atoms with Gasteiger partial charge in [-0.25, -0.2) is 4.68 Å². The van der Waals surface area contributed by atoms with Gasteiger partial charge in [0.1, 0.15) is 5.82 Å². The molecule has 1 aromatic rings. The zero-order valence-corrected chi connectivity index (χ0v) is 11.1. The molecule has 1 heterocycles. The van der Waals surface area contributed by atoms with Crippen molar-refractivity contribution in [2.75, 3.05) is 5.73 Å². The molecule has 0 fully saturated rings. The molecule has 1 aliphatic rings. The van der Waals surface area contributed by atoms with Crippen LogP contribution in [0.4, 0.5) is 5.82 Å². The van der Waals surface area contributed by atoms with Gasteiger partial charge < -0.3 is 5.73 Å². The zero-order valence-electron chi connectivity index (χ0n) is 11.1. The summed E-state index contributed by atoms with van der Waals surface area (Å²) in [5.41, 5.74) is 8.94. The minimum atomic E-state index is -0.0303. The lowest BCUT2D eigenvalue weighted by Crippen LogP contribution is -2.26. The zero-order chi connectivity index (χ0) is 12.1. The summed E-state index contributed by atoms with van der Waals surface area (Å²) in [6, 6.07) is 0. The van der Waals surface area contributed by atoms with Crippen LogP contribution < -0.4 is 5.73 Å². The number of nitrogens with two attached hydrogens (primary N) is 1. The van der Waals surface area contributed by atoms with Crippen molar-refractivity contribution in [1.82, 2.24) is 9.78 Å². The summed E-state index contributed by atoms with van der Waals surface area (Å²) in [6.07, 6.45) is 3.51.